The molecule has 0 aromatic heterocycles. The van der Waals surface area contributed by atoms with E-state index in [-0.39, 0.29) is 33.4 Å². The van der Waals surface area contributed by atoms with E-state index in [9.17, 15) is 9.90 Å². The van der Waals surface area contributed by atoms with Crippen molar-refractivity contribution in [2.75, 3.05) is 6.61 Å². The molecule has 1 amide bonds. The highest BCUT2D eigenvalue weighted by Gasteiger charge is 2.60. The summed E-state index contributed by atoms with van der Waals surface area (Å²) >= 11 is 11.4. The van der Waals surface area contributed by atoms with E-state index in [0.717, 1.165) is 0 Å². The van der Waals surface area contributed by atoms with Crippen LogP contribution in [0, 0.1) is 17.3 Å². The molecule has 1 aliphatic carbocycles. The highest BCUT2D eigenvalue weighted by Crippen LogP contribution is 2.59. The molecule has 0 aliphatic heterocycles. The monoisotopic (exact) mass is 370 g/mol. The Kier molecular flexibility index (Phi) is 5.78. The molecule has 7 heteroatoms. The van der Waals surface area contributed by atoms with Crippen molar-refractivity contribution in [3.05, 3.63) is 34.3 Å². The van der Waals surface area contributed by atoms with Gasteiger partial charge in [0, 0.05) is 0 Å². The Balaban J connectivity index is 1.98. The summed E-state index contributed by atoms with van der Waals surface area (Å²) in [7, 11) is 0. The number of carbonyl (C=O) groups is 1. The van der Waals surface area contributed by atoms with E-state index < -0.39 is 0 Å². The Morgan fingerprint density at radius 3 is 2.79 bits per heavy atom. The Morgan fingerprint density at radius 2 is 2.17 bits per heavy atom. The van der Waals surface area contributed by atoms with Crippen molar-refractivity contribution < 1.29 is 14.6 Å². The normalized spacial score (nSPS) is 21.4. The summed E-state index contributed by atoms with van der Waals surface area (Å²) in [5, 5.41) is 13.6. The number of carbonyl (C=O) groups excluding carboxylic acids is 1. The molecule has 0 saturated heterocycles. The average molecular weight is 371 g/mol. The van der Waals surface area contributed by atoms with Gasteiger partial charge in [0.1, 0.15) is 4.49 Å². The van der Waals surface area contributed by atoms with Crippen LogP contribution in [0.25, 0.3) is 0 Å². The number of amides is 1. The van der Waals surface area contributed by atoms with Crippen LogP contribution >= 0.6 is 23.2 Å². The smallest absolute Gasteiger partial charge is 0.244 e. The minimum absolute atomic E-state index is 0.00377. The van der Waals surface area contributed by atoms with Crippen LogP contribution in [0.15, 0.2) is 33.9 Å². The number of ether oxygens (including phenoxy) is 1. The maximum absolute atomic E-state index is 12.2. The van der Waals surface area contributed by atoms with Crippen LogP contribution in [0.1, 0.15) is 26.3 Å². The van der Waals surface area contributed by atoms with Gasteiger partial charge in [-0.3, -0.25) is 4.79 Å². The quantitative estimate of drug-likeness (QED) is 0.590. The van der Waals surface area contributed by atoms with E-state index >= 15 is 0 Å². The molecule has 2 rings (SSSR count). The number of aromatic hydroxyl groups is 1. The minimum Gasteiger partial charge on any atom is -0.504 e. The maximum Gasteiger partial charge on any atom is 0.244 e. The Bertz CT molecular complexity index is 682. The molecule has 1 aromatic carbocycles. The predicted octanol–water partition coefficient (Wildman–Crippen LogP) is 3.83. The van der Waals surface area contributed by atoms with E-state index in [1.165, 1.54) is 12.3 Å². The number of hydrogen-bond acceptors (Lipinski definition) is 4. The molecule has 0 spiro atoms. The number of nitrogens with zero attached hydrogens (tertiary/aromatic N) is 1. The van der Waals surface area contributed by atoms with Crippen LogP contribution in [0.4, 0.5) is 0 Å². The van der Waals surface area contributed by atoms with Gasteiger partial charge in [0.2, 0.25) is 5.91 Å². The third kappa shape index (κ3) is 4.22. The molecule has 5 nitrogen and oxygen atoms in total. The molecule has 0 bridgehead atoms. The van der Waals surface area contributed by atoms with Crippen molar-refractivity contribution in [1.82, 2.24) is 5.43 Å². The van der Waals surface area contributed by atoms with Gasteiger partial charge < -0.3 is 9.84 Å². The molecule has 130 valence electrons. The molecular formula is C17H20Cl2N2O3. The zero-order chi connectivity index (χ0) is 17.9. The number of rotatable bonds is 6. The van der Waals surface area contributed by atoms with Crippen LogP contribution in [0.5, 0.6) is 11.5 Å². The van der Waals surface area contributed by atoms with Gasteiger partial charge in [0.15, 0.2) is 11.5 Å². The van der Waals surface area contributed by atoms with Gasteiger partial charge in [-0.25, -0.2) is 5.43 Å². The standard InChI is InChI=1S/C17H20Cl2N2O3/c1-4-24-13-7-10(5-6-12(13)22)9-20-21-16(23)15-11(8-14(18)19)17(15,2)3/h5-9,11,15,22H,4H2,1-3H3,(H,21,23)/t11-,15+/m1/s1. The van der Waals surface area contributed by atoms with Gasteiger partial charge in [-0.05, 0) is 48.1 Å². The lowest BCUT2D eigenvalue weighted by atomic mass is 10.1. The van der Waals surface area contributed by atoms with E-state index in [1.54, 1.807) is 18.2 Å². The van der Waals surface area contributed by atoms with Crippen molar-refractivity contribution in [3.8, 4) is 11.5 Å². The summed E-state index contributed by atoms with van der Waals surface area (Å²) in [6.07, 6.45) is 3.18. The lowest BCUT2D eigenvalue weighted by molar-refractivity contribution is -0.123. The van der Waals surface area contributed by atoms with Crippen molar-refractivity contribution in [2.45, 2.75) is 20.8 Å². The summed E-state index contributed by atoms with van der Waals surface area (Å²) < 4.78 is 5.47. The molecule has 1 saturated carbocycles. The lowest BCUT2D eigenvalue weighted by Crippen LogP contribution is -2.21. The number of phenolic OH excluding ortho intramolecular Hbond substituents is 1. The van der Waals surface area contributed by atoms with Gasteiger partial charge in [0.25, 0.3) is 0 Å². The SMILES string of the molecule is CCOc1cc(C=NNC(=O)[C@@H]2[C@@H](C=C(Cl)Cl)C2(C)C)ccc1O. The number of allylic oxidation sites excluding steroid dienone is 1. The fourth-order valence-corrected chi connectivity index (χ4v) is 3.02. The second-order valence-electron chi connectivity index (χ2n) is 6.18. The van der Waals surface area contributed by atoms with Crippen LogP contribution in [0.2, 0.25) is 0 Å². The van der Waals surface area contributed by atoms with Crippen molar-refractivity contribution in [1.29, 1.82) is 0 Å². The summed E-state index contributed by atoms with van der Waals surface area (Å²) in [5.41, 5.74) is 3.03. The van der Waals surface area contributed by atoms with Crippen LogP contribution in [-0.4, -0.2) is 23.8 Å². The number of halogens is 2. The Hall–Kier alpha value is -1.72. The number of benzene rings is 1. The van der Waals surface area contributed by atoms with Crippen LogP contribution < -0.4 is 10.2 Å². The van der Waals surface area contributed by atoms with Crippen LogP contribution in [0.3, 0.4) is 0 Å². The fraction of sp³-hybridized carbons (Fsp3) is 0.412. The first-order valence-corrected chi connectivity index (χ1v) is 8.34. The molecule has 0 radical (unpaired) electrons. The zero-order valence-electron chi connectivity index (χ0n) is 13.7. The Labute approximate surface area is 151 Å². The van der Waals surface area contributed by atoms with Gasteiger partial charge in [-0.2, -0.15) is 5.10 Å². The topological polar surface area (TPSA) is 70.9 Å². The molecule has 1 aromatic rings. The molecule has 1 fully saturated rings. The van der Waals surface area contributed by atoms with E-state index in [1.807, 2.05) is 20.8 Å². The summed E-state index contributed by atoms with van der Waals surface area (Å²) in [6, 6.07) is 4.84. The zero-order valence-corrected chi connectivity index (χ0v) is 15.2. The summed E-state index contributed by atoms with van der Waals surface area (Å²) in [6.45, 7) is 6.23. The first kappa shape index (κ1) is 18.6. The number of nitrogens with one attached hydrogen (secondary N) is 1. The predicted molar refractivity (Wildman–Crippen MR) is 95.6 cm³/mol. The third-order valence-electron chi connectivity index (χ3n) is 4.17. The highest BCUT2D eigenvalue weighted by atomic mass is 35.5. The summed E-state index contributed by atoms with van der Waals surface area (Å²) in [5.74, 6) is 0.0242. The van der Waals surface area contributed by atoms with Gasteiger partial charge >= 0.3 is 0 Å². The number of phenols is 1. The molecule has 0 unspecified atom stereocenters. The molecule has 2 N–H and O–H groups in total. The lowest BCUT2D eigenvalue weighted by Gasteiger charge is -2.06. The summed E-state index contributed by atoms with van der Waals surface area (Å²) in [4.78, 5) is 12.2. The largest absolute Gasteiger partial charge is 0.504 e. The first-order chi connectivity index (χ1) is 11.3. The first-order valence-electron chi connectivity index (χ1n) is 7.59. The number of hydrogen-bond donors (Lipinski definition) is 2. The molecule has 2 atom stereocenters. The van der Waals surface area contributed by atoms with Gasteiger partial charge in [0.05, 0.1) is 18.7 Å². The molecule has 1 aliphatic rings. The fourth-order valence-electron chi connectivity index (χ4n) is 2.75. The van der Waals surface area contributed by atoms with Crippen LogP contribution in [-0.2, 0) is 4.79 Å². The van der Waals surface area contributed by atoms with E-state index in [0.29, 0.717) is 17.9 Å². The molecular weight excluding hydrogens is 351 g/mol. The number of hydrazone groups is 1. The molecule has 0 heterocycles. The average Bonchev–Trinajstić information content (AvgIpc) is 3.02. The van der Waals surface area contributed by atoms with Crippen molar-refractivity contribution in [2.24, 2.45) is 22.4 Å². The van der Waals surface area contributed by atoms with Gasteiger partial charge in [-0.15, -0.1) is 0 Å². The molecule has 24 heavy (non-hydrogen) atoms. The van der Waals surface area contributed by atoms with Crippen molar-refractivity contribution in [3.63, 3.8) is 0 Å². The second-order valence-corrected chi connectivity index (χ2v) is 7.18. The van der Waals surface area contributed by atoms with E-state index in [4.69, 9.17) is 27.9 Å². The Morgan fingerprint density at radius 1 is 1.46 bits per heavy atom. The second kappa shape index (κ2) is 7.45. The minimum atomic E-state index is -0.221. The highest BCUT2D eigenvalue weighted by molar-refractivity contribution is 6.55. The maximum atomic E-state index is 12.2. The van der Waals surface area contributed by atoms with E-state index in [2.05, 4.69) is 10.5 Å². The van der Waals surface area contributed by atoms with Gasteiger partial charge in [-0.1, -0.05) is 37.0 Å². The van der Waals surface area contributed by atoms with Crippen molar-refractivity contribution >= 4 is 35.3 Å². The third-order valence-corrected chi connectivity index (χ3v) is 4.42.